The van der Waals surface area contributed by atoms with Crippen LogP contribution in [0.1, 0.15) is 11.4 Å². The molecule has 0 spiro atoms. The first-order chi connectivity index (χ1) is 8.70. The highest BCUT2D eigenvalue weighted by molar-refractivity contribution is 9.10. The van der Waals surface area contributed by atoms with Crippen molar-refractivity contribution < 1.29 is 0 Å². The highest BCUT2D eigenvalue weighted by Gasteiger charge is 2.05. The third kappa shape index (κ3) is 2.22. The zero-order valence-electron chi connectivity index (χ0n) is 9.52. The number of nitrogens with two attached hydrogens (primary N) is 1. The van der Waals surface area contributed by atoms with Crippen LogP contribution in [0.5, 0.6) is 0 Å². The van der Waals surface area contributed by atoms with Crippen molar-refractivity contribution >= 4 is 32.8 Å². The molecule has 0 saturated heterocycles. The van der Waals surface area contributed by atoms with Crippen LogP contribution in [0.25, 0.3) is 11.2 Å². The van der Waals surface area contributed by atoms with E-state index in [0.717, 1.165) is 39.1 Å². The van der Waals surface area contributed by atoms with Crippen molar-refractivity contribution in [2.24, 2.45) is 0 Å². The summed E-state index contributed by atoms with van der Waals surface area (Å²) in [7, 11) is 0. The fourth-order valence-electron chi connectivity index (χ4n) is 1.90. The second-order valence-corrected chi connectivity index (χ2v) is 5.05. The average molecular weight is 303 g/mol. The molecule has 3 aromatic rings. The Morgan fingerprint density at radius 2 is 2.17 bits per heavy atom. The van der Waals surface area contributed by atoms with Crippen LogP contribution in [0.3, 0.4) is 0 Å². The molecular formula is C13H11BrN4. The van der Waals surface area contributed by atoms with Crippen LogP contribution < -0.4 is 5.73 Å². The molecule has 0 atom stereocenters. The quantitative estimate of drug-likeness (QED) is 0.715. The predicted molar refractivity (Wildman–Crippen MR) is 75.2 cm³/mol. The topological polar surface area (TPSA) is 67.6 Å². The molecule has 4 nitrogen and oxygen atoms in total. The van der Waals surface area contributed by atoms with Crippen LogP contribution in [0.4, 0.5) is 5.69 Å². The van der Waals surface area contributed by atoms with Gasteiger partial charge in [0, 0.05) is 22.8 Å². The Balaban J connectivity index is 1.95. The lowest BCUT2D eigenvalue weighted by molar-refractivity contribution is 1.04. The van der Waals surface area contributed by atoms with Gasteiger partial charge in [-0.05, 0) is 39.7 Å². The van der Waals surface area contributed by atoms with Crippen LogP contribution >= 0.6 is 15.9 Å². The van der Waals surface area contributed by atoms with Gasteiger partial charge in [-0.3, -0.25) is 0 Å². The molecule has 0 saturated carbocycles. The summed E-state index contributed by atoms with van der Waals surface area (Å²) in [6.07, 6.45) is 2.46. The van der Waals surface area contributed by atoms with E-state index in [1.54, 1.807) is 6.20 Å². The standard InChI is InChI=1S/C13H11BrN4/c14-9-6-11-13(16-7-9)18-12(17-11)5-8-2-1-3-10(15)4-8/h1-4,6-7H,5,15H2,(H,16,17,18). The molecular weight excluding hydrogens is 292 g/mol. The van der Waals surface area contributed by atoms with E-state index in [-0.39, 0.29) is 0 Å². The first-order valence-electron chi connectivity index (χ1n) is 5.55. The Kier molecular flexibility index (Phi) is 2.76. The number of fused-ring (bicyclic) bond motifs is 1. The molecule has 0 aliphatic heterocycles. The second kappa shape index (κ2) is 4.42. The lowest BCUT2D eigenvalue weighted by atomic mass is 10.1. The molecule has 2 heterocycles. The van der Waals surface area contributed by atoms with Crippen molar-refractivity contribution in [1.82, 2.24) is 15.0 Å². The number of pyridine rings is 1. The Morgan fingerprint density at radius 3 is 3.00 bits per heavy atom. The van der Waals surface area contributed by atoms with E-state index in [1.165, 1.54) is 0 Å². The minimum Gasteiger partial charge on any atom is -0.399 e. The number of nitrogens with one attached hydrogen (secondary N) is 1. The maximum Gasteiger partial charge on any atom is 0.177 e. The van der Waals surface area contributed by atoms with Gasteiger partial charge in [0.1, 0.15) is 5.82 Å². The number of benzene rings is 1. The van der Waals surface area contributed by atoms with E-state index >= 15 is 0 Å². The number of nitrogen functional groups attached to an aromatic ring is 1. The van der Waals surface area contributed by atoms with Crippen molar-refractivity contribution in [2.45, 2.75) is 6.42 Å². The zero-order chi connectivity index (χ0) is 12.5. The monoisotopic (exact) mass is 302 g/mol. The first kappa shape index (κ1) is 11.2. The third-order valence-corrected chi connectivity index (χ3v) is 3.11. The van der Waals surface area contributed by atoms with Crippen LogP contribution in [0.15, 0.2) is 41.0 Å². The summed E-state index contributed by atoms with van der Waals surface area (Å²) in [6.45, 7) is 0. The van der Waals surface area contributed by atoms with Gasteiger partial charge in [0.05, 0.1) is 5.52 Å². The molecule has 90 valence electrons. The summed E-state index contributed by atoms with van der Waals surface area (Å²) >= 11 is 3.39. The number of halogens is 1. The fraction of sp³-hybridized carbons (Fsp3) is 0.0769. The number of hydrogen-bond donors (Lipinski definition) is 2. The maximum absolute atomic E-state index is 5.76. The molecule has 0 aliphatic carbocycles. The molecule has 0 radical (unpaired) electrons. The summed E-state index contributed by atoms with van der Waals surface area (Å²) in [4.78, 5) is 12.0. The zero-order valence-corrected chi connectivity index (χ0v) is 11.1. The van der Waals surface area contributed by atoms with Crippen molar-refractivity contribution in [3.63, 3.8) is 0 Å². The van der Waals surface area contributed by atoms with Gasteiger partial charge in [-0.2, -0.15) is 0 Å². The van der Waals surface area contributed by atoms with E-state index in [0.29, 0.717) is 0 Å². The molecule has 0 amide bonds. The Labute approximate surface area is 112 Å². The summed E-state index contributed by atoms with van der Waals surface area (Å²) < 4.78 is 0.939. The average Bonchev–Trinajstić information content (AvgIpc) is 2.70. The fourth-order valence-corrected chi connectivity index (χ4v) is 2.24. The van der Waals surface area contributed by atoms with E-state index < -0.39 is 0 Å². The second-order valence-electron chi connectivity index (χ2n) is 4.13. The molecule has 3 N–H and O–H groups in total. The molecule has 0 unspecified atom stereocenters. The van der Waals surface area contributed by atoms with Gasteiger partial charge in [0.15, 0.2) is 5.65 Å². The minimum absolute atomic E-state index is 0.721. The van der Waals surface area contributed by atoms with Crippen molar-refractivity contribution in [3.05, 3.63) is 52.4 Å². The van der Waals surface area contributed by atoms with Gasteiger partial charge in [-0.1, -0.05) is 12.1 Å². The molecule has 18 heavy (non-hydrogen) atoms. The first-order valence-corrected chi connectivity index (χ1v) is 6.34. The summed E-state index contributed by atoms with van der Waals surface area (Å²) in [5.41, 5.74) is 9.33. The molecule has 0 fully saturated rings. The Bertz CT molecular complexity index is 705. The van der Waals surface area contributed by atoms with Crippen LogP contribution in [-0.2, 0) is 6.42 Å². The third-order valence-electron chi connectivity index (χ3n) is 2.68. The van der Waals surface area contributed by atoms with Crippen LogP contribution in [0, 0.1) is 0 Å². The van der Waals surface area contributed by atoms with Gasteiger partial charge in [-0.25, -0.2) is 9.97 Å². The number of aromatic nitrogens is 3. The van der Waals surface area contributed by atoms with Crippen molar-refractivity contribution in [2.75, 3.05) is 5.73 Å². The number of imidazole rings is 1. The highest BCUT2D eigenvalue weighted by Crippen LogP contribution is 2.17. The number of aromatic amines is 1. The van der Waals surface area contributed by atoms with Crippen molar-refractivity contribution in [1.29, 1.82) is 0 Å². The largest absolute Gasteiger partial charge is 0.399 e. The summed E-state index contributed by atoms with van der Waals surface area (Å²) in [6, 6.07) is 9.78. The highest BCUT2D eigenvalue weighted by atomic mass is 79.9. The number of hydrogen-bond acceptors (Lipinski definition) is 3. The molecule has 3 rings (SSSR count). The Hall–Kier alpha value is -1.88. The predicted octanol–water partition coefficient (Wildman–Crippen LogP) is 2.89. The van der Waals surface area contributed by atoms with Gasteiger partial charge in [0.25, 0.3) is 0 Å². The Morgan fingerprint density at radius 1 is 1.28 bits per heavy atom. The van der Waals surface area contributed by atoms with Crippen molar-refractivity contribution in [3.8, 4) is 0 Å². The molecule has 0 aliphatic rings. The number of H-pyrrole nitrogens is 1. The number of anilines is 1. The van der Waals surface area contributed by atoms with E-state index in [9.17, 15) is 0 Å². The summed E-state index contributed by atoms with van der Waals surface area (Å²) in [5, 5.41) is 0. The normalized spacial score (nSPS) is 10.9. The summed E-state index contributed by atoms with van der Waals surface area (Å²) in [5.74, 6) is 0.890. The smallest absolute Gasteiger partial charge is 0.177 e. The SMILES string of the molecule is Nc1cccc(Cc2nc3ncc(Br)cc3[nH]2)c1. The van der Waals surface area contributed by atoms with Crippen LogP contribution in [-0.4, -0.2) is 15.0 Å². The van der Waals surface area contributed by atoms with Crippen LogP contribution in [0.2, 0.25) is 0 Å². The van der Waals surface area contributed by atoms with E-state index in [4.69, 9.17) is 5.73 Å². The number of rotatable bonds is 2. The lowest BCUT2D eigenvalue weighted by Gasteiger charge is -1.99. The number of nitrogens with zero attached hydrogens (tertiary/aromatic N) is 2. The van der Waals surface area contributed by atoms with Gasteiger partial charge < -0.3 is 10.7 Å². The van der Waals surface area contributed by atoms with Gasteiger partial charge in [0.2, 0.25) is 0 Å². The lowest BCUT2D eigenvalue weighted by Crippen LogP contribution is -1.92. The van der Waals surface area contributed by atoms with Gasteiger partial charge in [-0.15, -0.1) is 0 Å². The molecule has 1 aromatic carbocycles. The van der Waals surface area contributed by atoms with Gasteiger partial charge >= 0.3 is 0 Å². The van der Waals surface area contributed by atoms with E-state index in [1.807, 2.05) is 30.3 Å². The van der Waals surface area contributed by atoms with E-state index in [2.05, 4.69) is 30.9 Å². The molecule has 2 aromatic heterocycles. The molecule has 0 bridgehead atoms. The minimum atomic E-state index is 0.721. The maximum atomic E-state index is 5.76. The molecule has 5 heteroatoms.